The van der Waals surface area contributed by atoms with Gasteiger partial charge in [0.15, 0.2) is 5.78 Å². The van der Waals surface area contributed by atoms with Crippen molar-refractivity contribution in [3.63, 3.8) is 0 Å². The molecule has 0 aromatic rings. The van der Waals surface area contributed by atoms with E-state index in [0.29, 0.717) is 6.42 Å². The van der Waals surface area contributed by atoms with Crippen LogP contribution < -0.4 is 0 Å². The third kappa shape index (κ3) is 9.01. The summed E-state index contributed by atoms with van der Waals surface area (Å²) in [6, 6.07) is 0. The second-order valence-electron chi connectivity index (χ2n) is 6.92. The lowest BCUT2D eigenvalue weighted by Gasteiger charge is -2.15. The zero-order valence-corrected chi connectivity index (χ0v) is 15.8. The van der Waals surface area contributed by atoms with Crippen molar-refractivity contribution in [2.45, 2.75) is 77.2 Å². The number of esters is 1. The van der Waals surface area contributed by atoms with Crippen LogP contribution >= 0.6 is 0 Å². The van der Waals surface area contributed by atoms with E-state index in [4.69, 9.17) is 0 Å². The minimum absolute atomic E-state index is 0.0136. The molecule has 0 bridgehead atoms. The lowest BCUT2D eigenvalue weighted by Crippen LogP contribution is -2.15. The first-order chi connectivity index (χ1) is 12.1. The molecule has 0 radical (unpaired) electrons. The van der Waals surface area contributed by atoms with Gasteiger partial charge in [-0.05, 0) is 25.3 Å². The Hall–Kier alpha value is -1.42. The summed E-state index contributed by atoms with van der Waals surface area (Å²) in [4.78, 5) is 23.1. The molecule has 1 aliphatic rings. The van der Waals surface area contributed by atoms with Crippen LogP contribution in [-0.2, 0) is 14.3 Å². The Morgan fingerprint density at radius 1 is 1.24 bits per heavy atom. The van der Waals surface area contributed by atoms with Crippen molar-refractivity contribution in [3.8, 4) is 0 Å². The number of aliphatic hydroxyl groups is 1. The molecule has 142 valence electrons. The summed E-state index contributed by atoms with van der Waals surface area (Å²) < 4.78 is 4.62. The van der Waals surface area contributed by atoms with E-state index >= 15 is 0 Å². The smallest absolute Gasteiger partial charge is 0.305 e. The van der Waals surface area contributed by atoms with Gasteiger partial charge < -0.3 is 9.84 Å². The van der Waals surface area contributed by atoms with E-state index in [9.17, 15) is 14.7 Å². The Bertz CT molecular complexity index is 453. The molecule has 25 heavy (non-hydrogen) atoms. The van der Waals surface area contributed by atoms with Gasteiger partial charge in [0.1, 0.15) is 0 Å². The van der Waals surface area contributed by atoms with Gasteiger partial charge in [0.25, 0.3) is 0 Å². The van der Waals surface area contributed by atoms with Crippen molar-refractivity contribution in [2.24, 2.45) is 11.8 Å². The average Bonchev–Trinajstić information content (AvgIpc) is 2.96. The van der Waals surface area contributed by atoms with Crippen LogP contribution in [0.25, 0.3) is 0 Å². The molecule has 0 aromatic carbocycles. The van der Waals surface area contributed by atoms with E-state index in [1.165, 1.54) is 7.11 Å². The molecule has 0 heterocycles. The maximum absolute atomic E-state index is 12.0. The lowest BCUT2D eigenvalue weighted by atomic mass is 9.88. The molecule has 0 saturated heterocycles. The molecular formula is C21H34O4. The molecule has 3 atom stereocenters. The van der Waals surface area contributed by atoms with Gasteiger partial charge in [-0.1, -0.05) is 63.7 Å². The summed E-state index contributed by atoms with van der Waals surface area (Å²) >= 11 is 0. The van der Waals surface area contributed by atoms with Crippen LogP contribution in [0.5, 0.6) is 0 Å². The summed E-state index contributed by atoms with van der Waals surface area (Å²) in [5, 5.41) is 9.99. The minimum atomic E-state index is -0.408. The van der Waals surface area contributed by atoms with Crippen LogP contribution in [0.2, 0.25) is 0 Å². The number of methoxy groups -OCH3 is 1. The molecule has 1 N–H and O–H groups in total. The maximum atomic E-state index is 12.0. The molecule has 0 spiro atoms. The molecule has 4 heteroatoms. The van der Waals surface area contributed by atoms with Crippen LogP contribution in [0, 0.1) is 11.8 Å². The zero-order valence-electron chi connectivity index (χ0n) is 15.8. The van der Waals surface area contributed by atoms with E-state index in [2.05, 4.69) is 11.7 Å². The van der Waals surface area contributed by atoms with E-state index in [0.717, 1.165) is 57.8 Å². The summed E-state index contributed by atoms with van der Waals surface area (Å²) in [6.45, 7) is 2.15. The monoisotopic (exact) mass is 350 g/mol. The number of ether oxygens (including phenoxy) is 1. The summed E-state index contributed by atoms with van der Waals surface area (Å²) in [5.74, 6) is 0.172. The molecule has 0 amide bonds. The third-order valence-corrected chi connectivity index (χ3v) is 4.85. The Morgan fingerprint density at radius 3 is 2.72 bits per heavy atom. The first-order valence-corrected chi connectivity index (χ1v) is 9.73. The molecule has 4 nitrogen and oxygen atoms in total. The standard InChI is InChI=1S/C21H34O4/c1-3-4-7-10-18(22)15-13-17-14-16-20(23)19(17)11-8-5-6-9-12-21(24)25-2/h13-19,22H,3-12H2,1-2H3/b15-13+. The van der Waals surface area contributed by atoms with Crippen LogP contribution in [0.3, 0.4) is 0 Å². The molecule has 0 aromatic heterocycles. The average molecular weight is 350 g/mol. The first-order valence-electron chi connectivity index (χ1n) is 9.73. The quantitative estimate of drug-likeness (QED) is 0.304. The fourth-order valence-electron chi connectivity index (χ4n) is 3.23. The highest BCUT2D eigenvalue weighted by molar-refractivity contribution is 5.94. The van der Waals surface area contributed by atoms with Crippen LogP contribution in [0.4, 0.5) is 0 Å². The SMILES string of the molecule is CCCCCC(O)/C=C/C1C=CC(=O)C1CCCCCCC(=O)OC. The van der Waals surface area contributed by atoms with Gasteiger partial charge in [-0.2, -0.15) is 0 Å². The normalized spacial score (nSPS) is 21.2. The number of ketones is 1. The van der Waals surface area contributed by atoms with Gasteiger partial charge in [0, 0.05) is 18.3 Å². The zero-order chi connectivity index (χ0) is 18.5. The van der Waals surface area contributed by atoms with Crippen LogP contribution in [0.1, 0.15) is 71.1 Å². The number of unbranched alkanes of at least 4 members (excludes halogenated alkanes) is 5. The van der Waals surface area contributed by atoms with Crippen molar-refractivity contribution in [1.29, 1.82) is 0 Å². The lowest BCUT2D eigenvalue weighted by molar-refractivity contribution is -0.140. The fraction of sp³-hybridized carbons (Fsp3) is 0.714. The molecule has 1 rings (SSSR count). The molecule has 3 unspecified atom stereocenters. The second kappa shape index (κ2) is 12.9. The Balaban J connectivity index is 2.27. The van der Waals surface area contributed by atoms with E-state index < -0.39 is 6.10 Å². The largest absolute Gasteiger partial charge is 0.469 e. The van der Waals surface area contributed by atoms with Gasteiger partial charge >= 0.3 is 5.97 Å². The number of rotatable bonds is 13. The molecule has 0 aliphatic heterocycles. The first kappa shape index (κ1) is 21.6. The van der Waals surface area contributed by atoms with E-state index in [1.807, 2.05) is 18.2 Å². The highest BCUT2D eigenvalue weighted by atomic mass is 16.5. The molecule has 0 fully saturated rings. The van der Waals surface area contributed by atoms with Gasteiger partial charge in [-0.25, -0.2) is 0 Å². The minimum Gasteiger partial charge on any atom is -0.469 e. The Labute approximate surface area is 152 Å². The summed E-state index contributed by atoms with van der Waals surface area (Å²) in [5.41, 5.74) is 0. The second-order valence-corrected chi connectivity index (χ2v) is 6.92. The number of hydrogen-bond donors (Lipinski definition) is 1. The number of hydrogen-bond acceptors (Lipinski definition) is 4. The maximum Gasteiger partial charge on any atom is 0.305 e. The van der Waals surface area contributed by atoms with Crippen molar-refractivity contribution in [1.82, 2.24) is 0 Å². The van der Waals surface area contributed by atoms with Crippen LogP contribution in [-0.4, -0.2) is 30.1 Å². The highest BCUT2D eigenvalue weighted by Crippen LogP contribution is 2.29. The number of allylic oxidation sites excluding steroid dienone is 3. The van der Waals surface area contributed by atoms with Crippen molar-refractivity contribution >= 4 is 11.8 Å². The molecule has 1 aliphatic carbocycles. The van der Waals surface area contributed by atoms with Crippen molar-refractivity contribution < 1.29 is 19.4 Å². The Kier molecular flexibility index (Phi) is 11.1. The Morgan fingerprint density at radius 2 is 2.00 bits per heavy atom. The predicted octanol–water partition coefficient (Wildman–Crippen LogP) is 4.37. The molecule has 0 saturated carbocycles. The number of aliphatic hydroxyl groups excluding tert-OH is 1. The number of carbonyl (C=O) groups excluding carboxylic acids is 2. The highest BCUT2D eigenvalue weighted by Gasteiger charge is 2.27. The molecular weight excluding hydrogens is 316 g/mol. The van der Waals surface area contributed by atoms with E-state index in [-0.39, 0.29) is 23.6 Å². The third-order valence-electron chi connectivity index (χ3n) is 4.85. The van der Waals surface area contributed by atoms with Crippen LogP contribution in [0.15, 0.2) is 24.3 Å². The fourth-order valence-corrected chi connectivity index (χ4v) is 3.23. The van der Waals surface area contributed by atoms with Gasteiger partial charge in [-0.15, -0.1) is 0 Å². The van der Waals surface area contributed by atoms with Gasteiger partial charge in [0.2, 0.25) is 0 Å². The van der Waals surface area contributed by atoms with Gasteiger partial charge in [0.05, 0.1) is 13.2 Å². The van der Waals surface area contributed by atoms with Crippen molar-refractivity contribution in [2.75, 3.05) is 7.11 Å². The number of carbonyl (C=O) groups is 2. The topological polar surface area (TPSA) is 63.6 Å². The summed E-state index contributed by atoms with van der Waals surface area (Å²) in [7, 11) is 1.41. The van der Waals surface area contributed by atoms with E-state index in [1.54, 1.807) is 6.08 Å². The summed E-state index contributed by atoms with van der Waals surface area (Å²) in [6.07, 6.45) is 16.4. The van der Waals surface area contributed by atoms with Gasteiger partial charge in [-0.3, -0.25) is 9.59 Å². The predicted molar refractivity (Wildman–Crippen MR) is 100 cm³/mol. The van der Waals surface area contributed by atoms with Crippen molar-refractivity contribution in [3.05, 3.63) is 24.3 Å².